The van der Waals surface area contributed by atoms with E-state index >= 15 is 0 Å². The lowest BCUT2D eigenvalue weighted by Crippen LogP contribution is -2.62. The Labute approximate surface area is 195 Å². The molecule has 184 valence electrons. The zero-order valence-corrected chi connectivity index (χ0v) is 21.2. The summed E-state index contributed by atoms with van der Waals surface area (Å²) >= 11 is 0. The lowest BCUT2D eigenvalue weighted by atomic mass is 9.41. The van der Waals surface area contributed by atoms with Crippen LogP contribution in [-0.4, -0.2) is 35.0 Å². The molecule has 4 nitrogen and oxygen atoms in total. The molecule has 0 aromatic rings. The molecule has 2 N–H and O–H groups in total. The number of aliphatic hydroxyl groups is 2. The molecule has 0 spiro atoms. The van der Waals surface area contributed by atoms with Gasteiger partial charge in [-0.05, 0) is 111 Å². The Morgan fingerprint density at radius 2 is 1.69 bits per heavy atom. The Hall–Kier alpha value is -0.610. The predicted molar refractivity (Wildman–Crippen MR) is 127 cm³/mol. The van der Waals surface area contributed by atoms with E-state index in [1.807, 2.05) is 6.92 Å². The third-order valence-corrected chi connectivity index (χ3v) is 11.3. The molecule has 0 amide bonds. The first-order chi connectivity index (χ1) is 15.2. The monoisotopic (exact) mass is 448 g/mol. The fourth-order valence-corrected chi connectivity index (χ4v) is 9.71. The molecule has 4 aliphatic rings. The Balaban J connectivity index is 1.55. The summed E-state index contributed by atoms with van der Waals surface area (Å²) in [6.07, 6.45) is 9.90. The minimum atomic E-state index is -0.230. The van der Waals surface area contributed by atoms with E-state index in [0.29, 0.717) is 54.5 Å². The van der Waals surface area contributed by atoms with Crippen LogP contribution in [0, 0.1) is 52.3 Å². The van der Waals surface area contributed by atoms with Crippen LogP contribution in [0.15, 0.2) is 0 Å². The molecule has 4 unspecified atom stereocenters. The molecular formula is C28H48O4. The third-order valence-electron chi connectivity index (χ3n) is 11.3. The average molecular weight is 449 g/mol. The summed E-state index contributed by atoms with van der Waals surface area (Å²) in [4.78, 5) is 11.9. The van der Waals surface area contributed by atoms with E-state index in [1.165, 1.54) is 25.7 Å². The standard InChI is InChI=1S/C28H48O4/c1-6-19-23-16-18(29)12-14-28(23,5)22-13-15-27(4)20(9-10-21(27)25(22)26(19)31)17(3)8-11-24(30)32-7-2/h17-23,25-26,29,31H,6-16H2,1-5H3/t17-,18-,19-,20-,21?,22?,23+,25?,26?,27-,28-/m1/s1. The molecule has 32 heavy (non-hydrogen) atoms. The fraction of sp³-hybridized carbons (Fsp3) is 0.964. The molecule has 0 bridgehead atoms. The lowest BCUT2D eigenvalue weighted by molar-refractivity contribution is -0.203. The van der Waals surface area contributed by atoms with Gasteiger partial charge in [0.25, 0.3) is 0 Å². The number of fused-ring (bicyclic) bond motifs is 5. The van der Waals surface area contributed by atoms with Gasteiger partial charge in [0.1, 0.15) is 0 Å². The number of hydrogen-bond acceptors (Lipinski definition) is 4. The smallest absolute Gasteiger partial charge is 0.305 e. The summed E-state index contributed by atoms with van der Waals surface area (Å²) in [6, 6.07) is 0. The molecule has 0 aromatic carbocycles. The summed E-state index contributed by atoms with van der Waals surface area (Å²) < 4.78 is 5.17. The highest BCUT2D eigenvalue weighted by Crippen LogP contribution is 2.69. The van der Waals surface area contributed by atoms with Gasteiger partial charge in [-0.3, -0.25) is 4.79 Å². The topological polar surface area (TPSA) is 66.8 Å². The quantitative estimate of drug-likeness (QED) is 0.520. The van der Waals surface area contributed by atoms with Crippen molar-refractivity contribution in [1.82, 2.24) is 0 Å². The minimum Gasteiger partial charge on any atom is -0.466 e. The molecule has 0 aromatic heterocycles. The summed E-state index contributed by atoms with van der Waals surface area (Å²) in [5, 5.41) is 22.2. The second-order valence-electron chi connectivity index (χ2n) is 12.4. The summed E-state index contributed by atoms with van der Waals surface area (Å²) in [6.45, 7) is 11.9. The van der Waals surface area contributed by atoms with E-state index in [2.05, 4.69) is 27.7 Å². The largest absolute Gasteiger partial charge is 0.466 e. The first-order valence-corrected chi connectivity index (χ1v) is 13.7. The molecule has 4 fully saturated rings. The van der Waals surface area contributed by atoms with E-state index in [-0.39, 0.29) is 29.0 Å². The van der Waals surface area contributed by atoms with E-state index in [0.717, 1.165) is 32.1 Å². The first-order valence-electron chi connectivity index (χ1n) is 13.7. The SMILES string of the molecule is CCOC(=O)CC[C@@H](C)[C@H]1CCC2C3C(O)[C@H](CC)[C@@H]4C[C@H](O)CC[C@]4(C)C3CC[C@@]21C. The Bertz CT molecular complexity index is 678. The lowest BCUT2D eigenvalue weighted by Gasteiger charge is -2.64. The summed E-state index contributed by atoms with van der Waals surface area (Å²) in [5.74, 6) is 3.44. The van der Waals surface area contributed by atoms with Crippen molar-refractivity contribution in [1.29, 1.82) is 0 Å². The molecule has 0 heterocycles. The molecule has 0 aliphatic heterocycles. The highest BCUT2D eigenvalue weighted by Gasteiger charge is 2.64. The highest BCUT2D eigenvalue weighted by molar-refractivity contribution is 5.69. The van der Waals surface area contributed by atoms with Gasteiger partial charge >= 0.3 is 5.97 Å². The van der Waals surface area contributed by atoms with Crippen molar-refractivity contribution in [3.8, 4) is 0 Å². The Morgan fingerprint density at radius 3 is 2.38 bits per heavy atom. The van der Waals surface area contributed by atoms with E-state index in [9.17, 15) is 15.0 Å². The van der Waals surface area contributed by atoms with Crippen LogP contribution in [0.4, 0.5) is 0 Å². The maximum atomic E-state index is 11.9. The first kappa shape index (κ1) is 24.5. The fourth-order valence-electron chi connectivity index (χ4n) is 9.71. The molecule has 4 rings (SSSR count). The third kappa shape index (κ3) is 3.85. The van der Waals surface area contributed by atoms with Crippen molar-refractivity contribution in [3.63, 3.8) is 0 Å². The van der Waals surface area contributed by atoms with Gasteiger partial charge in [0.05, 0.1) is 18.8 Å². The molecule has 4 saturated carbocycles. The number of esters is 1. The van der Waals surface area contributed by atoms with Crippen LogP contribution in [0.5, 0.6) is 0 Å². The average Bonchev–Trinajstić information content (AvgIpc) is 3.11. The van der Waals surface area contributed by atoms with Crippen molar-refractivity contribution in [2.24, 2.45) is 52.3 Å². The van der Waals surface area contributed by atoms with Gasteiger partial charge in [0.15, 0.2) is 0 Å². The Kier molecular flexibility index (Phi) is 7.05. The van der Waals surface area contributed by atoms with Gasteiger partial charge < -0.3 is 14.9 Å². The van der Waals surface area contributed by atoms with Gasteiger partial charge in [-0.2, -0.15) is 0 Å². The van der Waals surface area contributed by atoms with Gasteiger partial charge in [-0.15, -0.1) is 0 Å². The maximum absolute atomic E-state index is 11.9. The number of rotatable bonds is 6. The number of hydrogen-bond donors (Lipinski definition) is 2. The van der Waals surface area contributed by atoms with Crippen LogP contribution in [0.1, 0.15) is 98.8 Å². The second-order valence-corrected chi connectivity index (χ2v) is 12.4. The van der Waals surface area contributed by atoms with Crippen LogP contribution >= 0.6 is 0 Å². The number of aliphatic hydroxyl groups excluding tert-OH is 2. The summed E-state index contributed by atoms with van der Waals surface area (Å²) in [5.41, 5.74) is 0.532. The second kappa shape index (κ2) is 9.21. The zero-order chi connectivity index (χ0) is 23.3. The van der Waals surface area contributed by atoms with Gasteiger partial charge in [0.2, 0.25) is 0 Å². The molecule has 0 saturated heterocycles. The van der Waals surface area contributed by atoms with Gasteiger partial charge in [-0.1, -0.05) is 34.1 Å². The molecular weight excluding hydrogens is 400 g/mol. The predicted octanol–water partition coefficient (Wildman–Crippen LogP) is 5.59. The Morgan fingerprint density at radius 1 is 1.00 bits per heavy atom. The normalized spacial score (nSPS) is 49.0. The van der Waals surface area contributed by atoms with Crippen LogP contribution < -0.4 is 0 Å². The molecule has 4 heteroatoms. The van der Waals surface area contributed by atoms with Crippen LogP contribution in [0.25, 0.3) is 0 Å². The molecule has 0 radical (unpaired) electrons. The molecule has 4 aliphatic carbocycles. The van der Waals surface area contributed by atoms with E-state index in [1.54, 1.807) is 0 Å². The van der Waals surface area contributed by atoms with Crippen LogP contribution in [0.3, 0.4) is 0 Å². The summed E-state index contributed by atoms with van der Waals surface area (Å²) in [7, 11) is 0. The zero-order valence-electron chi connectivity index (χ0n) is 21.2. The number of ether oxygens (including phenoxy) is 1. The van der Waals surface area contributed by atoms with Gasteiger partial charge in [0, 0.05) is 6.42 Å². The number of carbonyl (C=O) groups excluding carboxylic acids is 1. The minimum absolute atomic E-state index is 0.0605. The van der Waals surface area contributed by atoms with Crippen LogP contribution in [0.2, 0.25) is 0 Å². The number of carbonyl (C=O) groups is 1. The van der Waals surface area contributed by atoms with Crippen molar-refractivity contribution < 1.29 is 19.7 Å². The highest BCUT2D eigenvalue weighted by atomic mass is 16.5. The van der Waals surface area contributed by atoms with Crippen LogP contribution in [-0.2, 0) is 9.53 Å². The van der Waals surface area contributed by atoms with E-state index in [4.69, 9.17) is 4.74 Å². The van der Waals surface area contributed by atoms with Crippen molar-refractivity contribution in [2.75, 3.05) is 6.61 Å². The van der Waals surface area contributed by atoms with Crippen molar-refractivity contribution in [3.05, 3.63) is 0 Å². The van der Waals surface area contributed by atoms with Crippen molar-refractivity contribution in [2.45, 2.75) is 111 Å². The molecule has 11 atom stereocenters. The van der Waals surface area contributed by atoms with Gasteiger partial charge in [-0.25, -0.2) is 0 Å². The van der Waals surface area contributed by atoms with E-state index < -0.39 is 0 Å². The maximum Gasteiger partial charge on any atom is 0.305 e. The van der Waals surface area contributed by atoms with Crippen molar-refractivity contribution >= 4 is 5.97 Å².